The van der Waals surface area contributed by atoms with Gasteiger partial charge in [-0.15, -0.1) is 0 Å². The van der Waals surface area contributed by atoms with Crippen molar-refractivity contribution in [3.63, 3.8) is 0 Å². The highest BCUT2D eigenvalue weighted by Crippen LogP contribution is 2.04. The van der Waals surface area contributed by atoms with Crippen LogP contribution in [0.25, 0.3) is 0 Å². The van der Waals surface area contributed by atoms with Crippen molar-refractivity contribution in [2.75, 3.05) is 27.2 Å². The molecule has 0 aliphatic heterocycles. The minimum atomic E-state index is -0.0423. The number of nitrogens with one attached hydrogen (secondary N) is 1. The number of likely N-dealkylation sites (N-methyl/N-ethyl adjacent to an activating group) is 1. The first-order chi connectivity index (χ1) is 7.61. The maximum Gasteiger partial charge on any atom is 0.208 e. The highest BCUT2D eigenvalue weighted by molar-refractivity contribution is 6.07. The summed E-state index contributed by atoms with van der Waals surface area (Å²) in [5.74, 6) is -0.0423. The normalized spacial score (nSPS) is 10.2. The molecule has 0 atom stereocenters. The third-order valence-electron chi connectivity index (χ3n) is 2.21. The molecule has 0 saturated carbocycles. The third-order valence-corrected chi connectivity index (χ3v) is 2.21. The van der Waals surface area contributed by atoms with E-state index in [-0.39, 0.29) is 5.78 Å². The Morgan fingerprint density at radius 2 is 1.94 bits per heavy atom. The smallest absolute Gasteiger partial charge is 0.208 e. The van der Waals surface area contributed by atoms with Crippen LogP contribution in [0.2, 0.25) is 0 Å². The summed E-state index contributed by atoms with van der Waals surface area (Å²) in [4.78, 5) is 13.9. The molecule has 0 spiro atoms. The Bertz CT molecular complexity index is 357. The standard InChI is InChI=1S/C13H18N2O/c1-11(14-9-10-15(2)3)13(16)12-7-5-4-6-8-12/h4-8,14H,1,9-10H2,2-3H3. The third kappa shape index (κ3) is 3.87. The van der Waals surface area contributed by atoms with Crippen molar-refractivity contribution in [1.82, 2.24) is 10.2 Å². The van der Waals surface area contributed by atoms with E-state index < -0.39 is 0 Å². The van der Waals surface area contributed by atoms with Gasteiger partial charge in [-0.25, -0.2) is 0 Å². The number of rotatable bonds is 6. The molecular formula is C13H18N2O. The first-order valence-corrected chi connectivity index (χ1v) is 5.28. The van der Waals surface area contributed by atoms with Gasteiger partial charge in [-0.2, -0.15) is 0 Å². The molecule has 0 aromatic heterocycles. The fourth-order valence-electron chi connectivity index (χ4n) is 1.27. The number of hydrogen-bond acceptors (Lipinski definition) is 3. The van der Waals surface area contributed by atoms with Crippen LogP contribution in [0.5, 0.6) is 0 Å². The van der Waals surface area contributed by atoms with Crippen molar-refractivity contribution in [3.8, 4) is 0 Å². The number of allylic oxidation sites excluding steroid dienone is 1. The van der Waals surface area contributed by atoms with Gasteiger partial charge in [0.25, 0.3) is 0 Å². The summed E-state index contributed by atoms with van der Waals surface area (Å²) in [6, 6.07) is 9.17. The zero-order valence-corrected chi connectivity index (χ0v) is 9.86. The highest BCUT2D eigenvalue weighted by atomic mass is 16.1. The molecule has 86 valence electrons. The van der Waals surface area contributed by atoms with Crippen LogP contribution in [0.3, 0.4) is 0 Å². The fraction of sp³-hybridized carbons (Fsp3) is 0.308. The van der Waals surface area contributed by atoms with Gasteiger partial charge in [0, 0.05) is 18.7 Å². The lowest BCUT2D eigenvalue weighted by Gasteiger charge is -2.12. The van der Waals surface area contributed by atoms with Crippen LogP contribution >= 0.6 is 0 Å². The van der Waals surface area contributed by atoms with Gasteiger partial charge >= 0.3 is 0 Å². The Balaban J connectivity index is 2.46. The molecule has 3 heteroatoms. The van der Waals surface area contributed by atoms with Crippen LogP contribution in [0.15, 0.2) is 42.6 Å². The SMILES string of the molecule is C=C(NCCN(C)C)C(=O)c1ccccc1. The van der Waals surface area contributed by atoms with Gasteiger partial charge in [0.15, 0.2) is 0 Å². The van der Waals surface area contributed by atoms with Crippen molar-refractivity contribution >= 4 is 5.78 Å². The largest absolute Gasteiger partial charge is 0.381 e. The number of carbonyl (C=O) groups excluding carboxylic acids is 1. The Labute approximate surface area is 96.8 Å². The Morgan fingerprint density at radius 3 is 2.50 bits per heavy atom. The molecule has 1 rings (SSSR count). The van der Waals surface area contributed by atoms with E-state index in [1.54, 1.807) is 12.1 Å². The molecule has 0 heterocycles. The van der Waals surface area contributed by atoms with E-state index >= 15 is 0 Å². The summed E-state index contributed by atoms with van der Waals surface area (Å²) in [7, 11) is 3.98. The second-order valence-electron chi connectivity index (χ2n) is 3.90. The fourth-order valence-corrected chi connectivity index (χ4v) is 1.27. The van der Waals surface area contributed by atoms with E-state index in [4.69, 9.17) is 0 Å². The van der Waals surface area contributed by atoms with Gasteiger partial charge in [0.2, 0.25) is 5.78 Å². The minimum Gasteiger partial charge on any atom is -0.381 e. The van der Waals surface area contributed by atoms with E-state index in [9.17, 15) is 4.79 Å². The summed E-state index contributed by atoms with van der Waals surface area (Å²) in [6.07, 6.45) is 0. The molecule has 0 saturated heterocycles. The van der Waals surface area contributed by atoms with E-state index in [0.717, 1.165) is 13.1 Å². The summed E-state index contributed by atoms with van der Waals surface area (Å²) < 4.78 is 0. The average Bonchev–Trinajstić information content (AvgIpc) is 2.28. The van der Waals surface area contributed by atoms with Crippen molar-refractivity contribution in [2.45, 2.75) is 0 Å². The monoisotopic (exact) mass is 218 g/mol. The molecule has 0 amide bonds. The topological polar surface area (TPSA) is 32.3 Å². The molecule has 0 radical (unpaired) electrons. The Hall–Kier alpha value is -1.61. The van der Waals surface area contributed by atoms with Gasteiger partial charge in [0.1, 0.15) is 0 Å². The van der Waals surface area contributed by atoms with Crippen LogP contribution in [0.4, 0.5) is 0 Å². The molecule has 0 bridgehead atoms. The Morgan fingerprint density at radius 1 is 1.31 bits per heavy atom. The summed E-state index contributed by atoms with van der Waals surface area (Å²) in [5.41, 5.74) is 1.12. The van der Waals surface area contributed by atoms with E-state index in [1.165, 1.54) is 0 Å². The van der Waals surface area contributed by atoms with Crippen LogP contribution in [0, 0.1) is 0 Å². The number of nitrogens with zero attached hydrogens (tertiary/aromatic N) is 1. The molecule has 1 aromatic rings. The van der Waals surface area contributed by atoms with Gasteiger partial charge < -0.3 is 10.2 Å². The quantitative estimate of drug-likeness (QED) is 0.580. The second kappa shape index (κ2) is 6.08. The lowest BCUT2D eigenvalue weighted by Crippen LogP contribution is -2.28. The molecule has 0 aliphatic carbocycles. The van der Waals surface area contributed by atoms with E-state index in [2.05, 4.69) is 11.9 Å². The Kier molecular flexibility index (Phi) is 4.73. The number of Topliss-reactive ketones (excluding diaryl/α,β-unsaturated/α-hetero) is 1. The van der Waals surface area contributed by atoms with Crippen molar-refractivity contribution < 1.29 is 4.79 Å². The van der Waals surface area contributed by atoms with Crippen molar-refractivity contribution in [2.24, 2.45) is 0 Å². The van der Waals surface area contributed by atoms with Gasteiger partial charge in [-0.1, -0.05) is 36.9 Å². The molecule has 0 fully saturated rings. The first kappa shape index (κ1) is 12.5. The maximum atomic E-state index is 11.8. The number of carbonyl (C=O) groups is 1. The summed E-state index contributed by atoms with van der Waals surface area (Å²) >= 11 is 0. The first-order valence-electron chi connectivity index (χ1n) is 5.28. The molecule has 0 unspecified atom stereocenters. The summed E-state index contributed by atoms with van der Waals surface area (Å²) in [5, 5.41) is 3.03. The van der Waals surface area contributed by atoms with E-state index in [1.807, 2.05) is 37.2 Å². The zero-order chi connectivity index (χ0) is 12.0. The number of benzene rings is 1. The molecular weight excluding hydrogens is 200 g/mol. The van der Waals surface area contributed by atoms with Crippen LogP contribution in [0.1, 0.15) is 10.4 Å². The van der Waals surface area contributed by atoms with Crippen LogP contribution in [-0.2, 0) is 0 Å². The van der Waals surface area contributed by atoms with Crippen molar-refractivity contribution in [3.05, 3.63) is 48.2 Å². The number of ketones is 1. The number of hydrogen-bond donors (Lipinski definition) is 1. The highest BCUT2D eigenvalue weighted by Gasteiger charge is 2.08. The lowest BCUT2D eigenvalue weighted by atomic mass is 10.1. The predicted molar refractivity (Wildman–Crippen MR) is 66.5 cm³/mol. The van der Waals surface area contributed by atoms with Gasteiger partial charge in [-0.3, -0.25) is 4.79 Å². The lowest BCUT2D eigenvalue weighted by molar-refractivity contribution is 0.102. The second-order valence-corrected chi connectivity index (χ2v) is 3.90. The zero-order valence-electron chi connectivity index (χ0n) is 9.86. The van der Waals surface area contributed by atoms with Crippen LogP contribution in [-0.4, -0.2) is 37.9 Å². The van der Waals surface area contributed by atoms with Gasteiger partial charge in [0.05, 0.1) is 5.70 Å². The van der Waals surface area contributed by atoms with E-state index in [0.29, 0.717) is 11.3 Å². The average molecular weight is 218 g/mol. The summed E-state index contributed by atoms with van der Waals surface area (Å²) in [6.45, 7) is 5.35. The van der Waals surface area contributed by atoms with Gasteiger partial charge in [-0.05, 0) is 14.1 Å². The molecule has 0 aliphatic rings. The van der Waals surface area contributed by atoms with Crippen molar-refractivity contribution in [1.29, 1.82) is 0 Å². The molecule has 1 aromatic carbocycles. The molecule has 3 nitrogen and oxygen atoms in total. The maximum absolute atomic E-state index is 11.8. The molecule has 1 N–H and O–H groups in total. The van der Waals surface area contributed by atoms with Crippen LogP contribution < -0.4 is 5.32 Å². The molecule has 16 heavy (non-hydrogen) atoms. The minimum absolute atomic E-state index is 0.0423. The predicted octanol–water partition coefficient (Wildman–Crippen LogP) is 1.53.